The maximum absolute atomic E-state index is 11.1. The second-order valence-corrected chi connectivity index (χ2v) is 5.93. The zero-order valence-corrected chi connectivity index (χ0v) is 9.29. The van der Waals surface area contributed by atoms with E-state index >= 15 is 0 Å². The van der Waals surface area contributed by atoms with Gasteiger partial charge in [-0.25, -0.2) is 13.6 Å². The van der Waals surface area contributed by atoms with Crippen LogP contribution in [0.15, 0.2) is 28.5 Å². The van der Waals surface area contributed by atoms with Gasteiger partial charge in [-0.05, 0) is 6.07 Å². The Morgan fingerprint density at radius 1 is 1.29 bits per heavy atom. The number of nitrogens with two attached hydrogens (primary N) is 1. The topological polar surface area (TPSA) is 60.2 Å². The van der Waals surface area contributed by atoms with Crippen LogP contribution in [0.25, 0.3) is 10.1 Å². The maximum Gasteiger partial charge on any atom is 0.249 e. The van der Waals surface area contributed by atoms with Crippen LogP contribution in [0, 0.1) is 0 Å². The van der Waals surface area contributed by atoms with Gasteiger partial charge in [-0.1, -0.05) is 29.8 Å². The molecule has 0 saturated carbocycles. The van der Waals surface area contributed by atoms with Crippen molar-refractivity contribution in [1.82, 2.24) is 0 Å². The normalized spacial score (nSPS) is 12.1. The number of primary sulfonamides is 1. The highest BCUT2D eigenvalue weighted by Gasteiger charge is 2.18. The largest absolute Gasteiger partial charge is 0.249 e. The highest BCUT2D eigenvalue weighted by molar-refractivity contribution is 7.91. The molecule has 0 atom stereocenters. The van der Waals surface area contributed by atoms with Gasteiger partial charge in [-0.3, -0.25) is 0 Å². The molecule has 0 saturated heterocycles. The van der Waals surface area contributed by atoms with E-state index in [-0.39, 0.29) is 9.23 Å². The highest BCUT2D eigenvalue weighted by atomic mass is 35.5. The van der Waals surface area contributed by atoms with Crippen LogP contribution in [-0.2, 0) is 10.0 Å². The van der Waals surface area contributed by atoms with Gasteiger partial charge >= 0.3 is 0 Å². The molecule has 74 valence electrons. The van der Waals surface area contributed by atoms with Gasteiger partial charge in [0.1, 0.15) is 0 Å². The molecule has 14 heavy (non-hydrogen) atoms. The predicted molar refractivity (Wildman–Crippen MR) is 58.2 cm³/mol. The van der Waals surface area contributed by atoms with Gasteiger partial charge in [0.25, 0.3) is 0 Å². The first-order valence-electron chi connectivity index (χ1n) is 3.70. The smallest absolute Gasteiger partial charge is 0.224 e. The van der Waals surface area contributed by atoms with Crippen molar-refractivity contribution < 1.29 is 8.42 Å². The molecule has 1 aromatic carbocycles. The summed E-state index contributed by atoms with van der Waals surface area (Å²) in [6.45, 7) is 0. The van der Waals surface area contributed by atoms with Crippen LogP contribution in [0.4, 0.5) is 0 Å². The molecule has 2 aromatic rings. The van der Waals surface area contributed by atoms with Crippen molar-refractivity contribution in [3.63, 3.8) is 0 Å². The van der Waals surface area contributed by atoms with Crippen LogP contribution in [-0.4, -0.2) is 8.42 Å². The van der Waals surface area contributed by atoms with Crippen molar-refractivity contribution in [3.05, 3.63) is 29.3 Å². The molecule has 2 rings (SSSR count). The molecule has 0 aliphatic heterocycles. The monoisotopic (exact) mass is 247 g/mol. The van der Waals surface area contributed by atoms with Gasteiger partial charge < -0.3 is 0 Å². The molecule has 3 nitrogen and oxygen atoms in total. The highest BCUT2D eigenvalue weighted by Crippen LogP contribution is 2.37. The lowest BCUT2D eigenvalue weighted by Gasteiger charge is -1.91. The molecule has 6 heteroatoms. The summed E-state index contributed by atoms with van der Waals surface area (Å²) in [5, 5.41) is 5.96. The molecule has 0 spiro atoms. The first-order chi connectivity index (χ1) is 6.50. The summed E-state index contributed by atoms with van der Waals surface area (Å²) in [7, 11) is -3.71. The number of thiophene rings is 1. The fourth-order valence-electron chi connectivity index (χ4n) is 1.17. The molecular weight excluding hydrogens is 242 g/mol. The van der Waals surface area contributed by atoms with Gasteiger partial charge in [-0.15, -0.1) is 11.3 Å². The fraction of sp³-hybridized carbons (Fsp3) is 0. The number of benzene rings is 1. The number of hydrogen-bond donors (Lipinski definition) is 1. The van der Waals surface area contributed by atoms with E-state index in [0.717, 1.165) is 21.4 Å². The Morgan fingerprint density at radius 2 is 1.93 bits per heavy atom. The first kappa shape index (κ1) is 9.92. The second-order valence-electron chi connectivity index (χ2n) is 2.74. The lowest BCUT2D eigenvalue weighted by molar-refractivity contribution is 0.600. The fourth-order valence-corrected chi connectivity index (χ4v) is 3.75. The third kappa shape index (κ3) is 1.52. The van der Waals surface area contributed by atoms with Gasteiger partial charge in [0.05, 0.1) is 5.02 Å². The molecule has 1 aromatic heterocycles. The summed E-state index contributed by atoms with van der Waals surface area (Å²) < 4.78 is 23.1. The second kappa shape index (κ2) is 3.20. The van der Waals surface area contributed by atoms with Crippen molar-refractivity contribution in [3.8, 4) is 0 Å². The van der Waals surface area contributed by atoms with Crippen molar-refractivity contribution >= 4 is 43.0 Å². The third-order valence-electron chi connectivity index (χ3n) is 1.76. The molecule has 0 radical (unpaired) electrons. The van der Waals surface area contributed by atoms with Crippen molar-refractivity contribution in [2.75, 3.05) is 0 Å². The van der Waals surface area contributed by atoms with E-state index in [4.69, 9.17) is 16.7 Å². The SMILES string of the molecule is NS(=O)(=O)c1sc2ccccc2c1Cl. The Morgan fingerprint density at radius 3 is 2.50 bits per heavy atom. The molecule has 1 heterocycles. The summed E-state index contributed by atoms with van der Waals surface area (Å²) >= 11 is 6.98. The Labute approximate surface area is 90.2 Å². The zero-order valence-electron chi connectivity index (χ0n) is 6.90. The number of halogens is 1. The molecule has 0 unspecified atom stereocenters. The molecule has 0 amide bonds. The molecule has 0 aliphatic rings. The quantitative estimate of drug-likeness (QED) is 0.840. The Hall–Kier alpha value is -0.620. The van der Waals surface area contributed by atoms with Crippen LogP contribution in [0.3, 0.4) is 0 Å². The van der Waals surface area contributed by atoms with Crippen molar-refractivity contribution in [2.24, 2.45) is 5.14 Å². The molecule has 2 N–H and O–H groups in total. The van der Waals surface area contributed by atoms with E-state index in [2.05, 4.69) is 0 Å². The lowest BCUT2D eigenvalue weighted by atomic mass is 10.3. The Kier molecular flexibility index (Phi) is 2.27. The van der Waals surface area contributed by atoms with E-state index in [1.54, 1.807) is 18.2 Å². The van der Waals surface area contributed by atoms with Gasteiger partial charge in [-0.2, -0.15) is 0 Å². The van der Waals surface area contributed by atoms with Crippen LogP contribution in [0.1, 0.15) is 0 Å². The Bertz CT molecular complexity index is 588. The maximum atomic E-state index is 11.1. The number of rotatable bonds is 1. The van der Waals surface area contributed by atoms with Crippen LogP contribution in [0.5, 0.6) is 0 Å². The average molecular weight is 248 g/mol. The van der Waals surface area contributed by atoms with Crippen LogP contribution >= 0.6 is 22.9 Å². The Balaban J connectivity index is 2.89. The average Bonchev–Trinajstić information content (AvgIpc) is 2.44. The number of fused-ring (bicyclic) bond motifs is 1. The van der Waals surface area contributed by atoms with Crippen LogP contribution < -0.4 is 5.14 Å². The molecule has 0 fully saturated rings. The minimum atomic E-state index is -3.71. The zero-order chi connectivity index (χ0) is 10.3. The first-order valence-corrected chi connectivity index (χ1v) is 6.44. The van der Waals surface area contributed by atoms with E-state index in [0.29, 0.717) is 0 Å². The summed E-state index contributed by atoms with van der Waals surface area (Å²) in [6, 6.07) is 7.19. The predicted octanol–water partition coefficient (Wildman–Crippen LogP) is 2.20. The van der Waals surface area contributed by atoms with E-state index in [9.17, 15) is 8.42 Å². The molecule has 0 bridgehead atoms. The van der Waals surface area contributed by atoms with Gasteiger partial charge in [0, 0.05) is 10.1 Å². The standard InChI is InChI=1S/C8H6ClNO2S2/c9-7-5-3-1-2-4-6(5)13-8(7)14(10,11)12/h1-4H,(H2,10,11,12). The summed E-state index contributed by atoms with van der Waals surface area (Å²) in [4.78, 5) is 0. The minimum absolute atomic E-state index is 0.0281. The van der Waals surface area contributed by atoms with Gasteiger partial charge in [0.15, 0.2) is 4.21 Å². The third-order valence-corrected chi connectivity index (χ3v) is 5.01. The number of sulfonamides is 1. The van der Waals surface area contributed by atoms with Crippen LogP contribution in [0.2, 0.25) is 5.02 Å². The summed E-state index contributed by atoms with van der Waals surface area (Å²) in [5.41, 5.74) is 0. The van der Waals surface area contributed by atoms with Crippen molar-refractivity contribution in [2.45, 2.75) is 4.21 Å². The van der Waals surface area contributed by atoms with Crippen molar-refractivity contribution in [1.29, 1.82) is 0 Å². The summed E-state index contributed by atoms with van der Waals surface area (Å²) in [6.07, 6.45) is 0. The van der Waals surface area contributed by atoms with E-state index in [1.165, 1.54) is 0 Å². The van der Waals surface area contributed by atoms with E-state index < -0.39 is 10.0 Å². The molecular formula is C8H6ClNO2S2. The minimum Gasteiger partial charge on any atom is -0.224 e. The summed E-state index contributed by atoms with van der Waals surface area (Å²) in [5.74, 6) is 0. The lowest BCUT2D eigenvalue weighted by Crippen LogP contribution is -2.10. The number of hydrogen-bond acceptors (Lipinski definition) is 3. The van der Waals surface area contributed by atoms with Gasteiger partial charge in [0.2, 0.25) is 10.0 Å². The molecule has 0 aliphatic carbocycles. The van der Waals surface area contributed by atoms with E-state index in [1.807, 2.05) is 6.07 Å².